The minimum Gasteiger partial charge on any atom is -0.489 e. The Morgan fingerprint density at radius 1 is 0.705 bits per heavy atom. The van der Waals surface area contributed by atoms with Crippen LogP contribution in [-0.2, 0) is 25.6 Å². The van der Waals surface area contributed by atoms with E-state index in [1.54, 1.807) is 88.4 Å². The number of esters is 3. The van der Waals surface area contributed by atoms with Crippen molar-refractivity contribution in [2.75, 3.05) is 6.79 Å². The van der Waals surface area contributed by atoms with Crippen molar-refractivity contribution in [3.8, 4) is 11.5 Å². The summed E-state index contributed by atoms with van der Waals surface area (Å²) in [5, 5.41) is 18.4. The monoisotopic (exact) mass is 600 g/mol. The number of hydrogen-bond donors (Lipinski definition) is 2. The normalized spacial score (nSPS) is 11.8. The predicted molar refractivity (Wildman–Crippen MR) is 163 cm³/mol. The zero-order valence-corrected chi connectivity index (χ0v) is 24.9. The van der Waals surface area contributed by atoms with Crippen LogP contribution in [0.5, 0.6) is 11.5 Å². The molecular formula is C33H33BO10. The quantitative estimate of drug-likeness (QED) is 0.0544. The first-order valence-corrected chi connectivity index (χ1v) is 13.5. The molecule has 2 N–H and O–H groups in total. The molecule has 0 amide bonds. The summed E-state index contributed by atoms with van der Waals surface area (Å²) in [5.74, 6) is -0.0901. The Bertz CT molecular complexity index is 1540. The third-order valence-corrected chi connectivity index (χ3v) is 6.57. The van der Waals surface area contributed by atoms with Gasteiger partial charge in [0.2, 0.25) is 6.79 Å². The first kappa shape index (κ1) is 33.4. The van der Waals surface area contributed by atoms with Crippen molar-refractivity contribution in [3.05, 3.63) is 125 Å². The molecule has 3 rings (SSSR count). The van der Waals surface area contributed by atoms with Crippen molar-refractivity contribution in [1.82, 2.24) is 0 Å². The molecule has 0 spiro atoms. The fourth-order valence-corrected chi connectivity index (χ4v) is 3.62. The highest BCUT2D eigenvalue weighted by molar-refractivity contribution is 6.58. The molecule has 0 radical (unpaired) electrons. The van der Waals surface area contributed by atoms with Crippen molar-refractivity contribution < 1.29 is 48.1 Å². The van der Waals surface area contributed by atoms with Crippen molar-refractivity contribution in [2.24, 2.45) is 0 Å². The number of benzene rings is 3. The number of allylic oxidation sites excluding steroid dienone is 4. The molecule has 3 aromatic rings. The van der Waals surface area contributed by atoms with Gasteiger partial charge in [0.05, 0.1) is 11.1 Å². The van der Waals surface area contributed by atoms with E-state index in [1.807, 2.05) is 0 Å². The van der Waals surface area contributed by atoms with Gasteiger partial charge in [-0.25, -0.2) is 14.4 Å². The molecule has 0 aliphatic rings. The summed E-state index contributed by atoms with van der Waals surface area (Å²) in [6, 6.07) is 19.3. The zero-order valence-electron chi connectivity index (χ0n) is 24.9. The molecule has 44 heavy (non-hydrogen) atoms. The standard InChI is InChI=1S/C33H33BO10/c1-6-31(35)42-20-41-30-15-11-27(12-16-30)33(37)44-24(5)22(3)21(2)23(4)43-32(36)26-9-7-25(8-10-26)19-40-29-17-13-28(14-18-29)34(38)39/h6-18,38-39H,1,19-20H2,2-5H3/b23-21+,24-22+. The maximum absolute atomic E-state index is 12.8. The van der Waals surface area contributed by atoms with Crippen molar-refractivity contribution in [3.63, 3.8) is 0 Å². The summed E-state index contributed by atoms with van der Waals surface area (Å²) in [5.41, 5.74) is 3.07. The van der Waals surface area contributed by atoms with Crippen LogP contribution in [0.25, 0.3) is 0 Å². The molecule has 0 fully saturated rings. The summed E-state index contributed by atoms with van der Waals surface area (Å²) < 4.78 is 26.8. The van der Waals surface area contributed by atoms with Crippen LogP contribution >= 0.6 is 0 Å². The van der Waals surface area contributed by atoms with Crippen LogP contribution in [0.2, 0.25) is 0 Å². The number of hydrogen-bond acceptors (Lipinski definition) is 10. The third-order valence-electron chi connectivity index (χ3n) is 6.57. The highest BCUT2D eigenvalue weighted by Crippen LogP contribution is 2.22. The first-order valence-electron chi connectivity index (χ1n) is 13.5. The van der Waals surface area contributed by atoms with E-state index >= 15 is 0 Å². The predicted octanol–water partition coefficient (Wildman–Crippen LogP) is 4.61. The Kier molecular flexibility index (Phi) is 12.1. The fraction of sp³-hybridized carbons (Fsp3) is 0.182. The topological polar surface area (TPSA) is 138 Å². The summed E-state index contributed by atoms with van der Waals surface area (Å²) in [4.78, 5) is 36.5. The average Bonchev–Trinajstić information content (AvgIpc) is 3.03. The van der Waals surface area contributed by atoms with E-state index in [4.69, 9.17) is 23.7 Å². The van der Waals surface area contributed by atoms with Gasteiger partial charge >= 0.3 is 25.0 Å². The molecule has 0 aliphatic carbocycles. The second-order valence-corrected chi connectivity index (χ2v) is 9.52. The lowest BCUT2D eigenvalue weighted by atomic mass is 9.80. The smallest absolute Gasteiger partial charge is 0.488 e. The van der Waals surface area contributed by atoms with Crippen LogP contribution in [0.1, 0.15) is 54.0 Å². The summed E-state index contributed by atoms with van der Waals surface area (Å²) in [7, 11) is -1.54. The Morgan fingerprint density at radius 2 is 1.16 bits per heavy atom. The zero-order chi connectivity index (χ0) is 32.2. The van der Waals surface area contributed by atoms with Gasteiger partial charge in [-0.1, -0.05) is 30.8 Å². The van der Waals surface area contributed by atoms with Gasteiger partial charge in [0, 0.05) is 6.08 Å². The molecule has 0 atom stereocenters. The van der Waals surface area contributed by atoms with Crippen LogP contribution in [0, 0.1) is 0 Å². The molecule has 11 heteroatoms. The highest BCUT2D eigenvalue weighted by atomic mass is 16.7. The Morgan fingerprint density at radius 3 is 1.64 bits per heavy atom. The van der Waals surface area contributed by atoms with E-state index in [-0.39, 0.29) is 19.0 Å². The van der Waals surface area contributed by atoms with Crippen molar-refractivity contribution in [1.29, 1.82) is 0 Å². The van der Waals surface area contributed by atoms with E-state index in [0.29, 0.717) is 45.2 Å². The fourth-order valence-electron chi connectivity index (χ4n) is 3.62. The van der Waals surface area contributed by atoms with Gasteiger partial charge in [-0.2, -0.15) is 0 Å². The number of carbonyl (C=O) groups is 3. The Hall–Kier alpha value is -5.13. The summed E-state index contributed by atoms with van der Waals surface area (Å²) >= 11 is 0. The molecule has 0 bridgehead atoms. The second-order valence-electron chi connectivity index (χ2n) is 9.52. The van der Waals surface area contributed by atoms with Gasteiger partial charge in [-0.15, -0.1) is 0 Å². The molecular weight excluding hydrogens is 567 g/mol. The molecule has 0 unspecified atom stereocenters. The SMILES string of the molecule is C=CC(=O)OCOc1ccc(C(=O)O/C(C)=C(C)/C(C)=C(\C)OC(=O)c2ccc(COc3ccc(B(O)O)cc3)cc2)cc1. The van der Waals surface area contributed by atoms with Crippen molar-refractivity contribution in [2.45, 2.75) is 34.3 Å². The van der Waals surface area contributed by atoms with E-state index in [2.05, 4.69) is 6.58 Å². The largest absolute Gasteiger partial charge is 0.489 e. The highest BCUT2D eigenvalue weighted by Gasteiger charge is 2.15. The first-order chi connectivity index (χ1) is 21.0. The van der Waals surface area contributed by atoms with E-state index < -0.39 is 25.0 Å². The van der Waals surface area contributed by atoms with Crippen LogP contribution in [0.3, 0.4) is 0 Å². The molecule has 0 saturated carbocycles. The molecule has 0 saturated heterocycles. The maximum Gasteiger partial charge on any atom is 0.488 e. The molecule has 0 heterocycles. The van der Waals surface area contributed by atoms with Gasteiger partial charge in [0.1, 0.15) is 29.6 Å². The van der Waals surface area contributed by atoms with Crippen LogP contribution in [-0.4, -0.2) is 41.9 Å². The lowest BCUT2D eigenvalue weighted by Gasteiger charge is -2.13. The minimum atomic E-state index is -1.54. The lowest BCUT2D eigenvalue weighted by Crippen LogP contribution is -2.29. The van der Waals surface area contributed by atoms with E-state index in [0.717, 1.165) is 11.6 Å². The Balaban J connectivity index is 1.55. The van der Waals surface area contributed by atoms with Crippen LogP contribution in [0.15, 0.2) is 108 Å². The van der Waals surface area contributed by atoms with E-state index in [1.165, 1.54) is 12.1 Å². The van der Waals surface area contributed by atoms with Gasteiger partial charge in [0.15, 0.2) is 0 Å². The molecule has 0 aliphatic heterocycles. The van der Waals surface area contributed by atoms with Gasteiger partial charge in [-0.3, -0.25) is 0 Å². The summed E-state index contributed by atoms with van der Waals surface area (Å²) in [6.07, 6.45) is 1.03. The summed E-state index contributed by atoms with van der Waals surface area (Å²) in [6.45, 7) is 10.1. The Labute approximate surface area is 255 Å². The number of ether oxygens (including phenoxy) is 5. The van der Waals surface area contributed by atoms with Crippen LogP contribution < -0.4 is 14.9 Å². The van der Waals surface area contributed by atoms with E-state index in [9.17, 15) is 24.4 Å². The molecule has 3 aromatic carbocycles. The number of rotatable bonds is 13. The molecule has 228 valence electrons. The number of carbonyl (C=O) groups excluding carboxylic acids is 3. The third kappa shape index (κ3) is 9.72. The van der Waals surface area contributed by atoms with Crippen LogP contribution in [0.4, 0.5) is 0 Å². The van der Waals surface area contributed by atoms with Crippen molar-refractivity contribution >= 4 is 30.5 Å². The maximum atomic E-state index is 12.8. The van der Waals surface area contributed by atoms with Gasteiger partial charge in [-0.05, 0) is 98.4 Å². The lowest BCUT2D eigenvalue weighted by molar-refractivity contribution is -0.144. The average molecular weight is 600 g/mol. The van der Waals surface area contributed by atoms with Gasteiger partial charge in [0.25, 0.3) is 0 Å². The minimum absolute atomic E-state index is 0.252. The van der Waals surface area contributed by atoms with Gasteiger partial charge < -0.3 is 33.7 Å². The molecule has 10 nitrogen and oxygen atoms in total. The molecule has 0 aromatic heterocycles. The second kappa shape index (κ2) is 15.9.